The van der Waals surface area contributed by atoms with Gasteiger partial charge in [0.05, 0.1) is 25.9 Å². The number of halogens is 17. The Labute approximate surface area is 246 Å². The third-order valence-electron chi connectivity index (χ3n) is 6.44. The van der Waals surface area contributed by atoms with Crippen molar-refractivity contribution in [1.29, 1.82) is 0 Å². The summed E-state index contributed by atoms with van der Waals surface area (Å²) in [6.45, 7) is -4.80. The molecule has 47 heavy (non-hydrogen) atoms. The van der Waals surface area contributed by atoms with E-state index in [0.29, 0.717) is 16.8 Å². The maximum atomic E-state index is 14.3. The molecule has 5 N–H and O–H groups in total. The standard InChI is InChI=1S/C20H18F17N3O7/c21-13(22,15(25,26)17(29,30)19(33,34)35)14(23,24)16(27,28)18(31,32)20(36,37)39-6(3-41)5-46-10-9(44)7(4-42)47-11(10)40-2-1-8(43)38-12(40)45/h1-2,6-7,9-11,39,41-42,44H,3-5H2,(H,38,43,45). The minimum Gasteiger partial charge on any atom is -0.395 e. The van der Waals surface area contributed by atoms with Crippen LogP contribution in [0.5, 0.6) is 0 Å². The number of rotatable bonds is 14. The van der Waals surface area contributed by atoms with Gasteiger partial charge >= 0.3 is 53.4 Å². The summed E-state index contributed by atoms with van der Waals surface area (Å²) in [4.78, 5) is 25.0. The van der Waals surface area contributed by atoms with Gasteiger partial charge in [0.1, 0.15) is 18.3 Å². The third kappa shape index (κ3) is 6.40. The number of H-pyrrole nitrogens is 1. The Kier molecular flexibility index (Phi) is 10.8. The van der Waals surface area contributed by atoms with Crippen LogP contribution in [0.25, 0.3) is 0 Å². The second-order valence-corrected chi connectivity index (χ2v) is 9.60. The van der Waals surface area contributed by atoms with Crippen LogP contribution < -0.4 is 16.6 Å². The lowest BCUT2D eigenvalue weighted by Crippen LogP contribution is -2.76. The molecular weight excluding hydrogens is 717 g/mol. The molecule has 1 aliphatic rings. The quantitative estimate of drug-likeness (QED) is 0.144. The Balaban J connectivity index is 2.40. The SMILES string of the molecule is O=c1ccn(C2OC(CO)C(O)C2OCC(CO)NC(F)(F)C(F)(F)C(F)(F)C(F)(F)C(F)(F)C(F)(F)C(F)(F)C(F)(F)F)c(=O)[nH]1. The van der Waals surface area contributed by atoms with Gasteiger partial charge in [-0.3, -0.25) is 14.3 Å². The lowest BCUT2D eigenvalue weighted by atomic mass is 9.90. The molecule has 0 saturated carbocycles. The van der Waals surface area contributed by atoms with Gasteiger partial charge in [-0.1, -0.05) is 0 Å². The molecule has 0 radical (unpaired) electrons. The van der Waals surface area contributed by atoms with Crippen LogP contribution in [-0.4, -0.2) is 117 Å². The van der Waals surface area contributed by atoms with Crippen LogP contribution in [0.4, 0.5) is 74.6 Å². The average Bonchev–Trinajstić information content (AvgIpc) is 3.24. The van der Waals surface area contributed by atoms with Gasteiger partial charge in [0.2, 0.25) is 0 Å². The molecule has 5 atom stereocenters. The number of aliphatic hydroxyl groups is 3. The lowest BCUT2D eigenvalue weighted by Gasteiger charge is -2.43. The number of hydrogen-bond acceptors (Lipinski definition) is 8. The van der Waals surface area contributed by atoms with Crippen LogP contribution in [0.1, 0.15) is 6.23 Å². The van der Waals surface area contributed by atoms with Crippen LogP contribution in [0.15, 0.2) is 21.9 Å². The fraction of sp³-hybridized carbons (Fsp3) is 0.800. The molecule has 27 heteroatoms. The highest BCUT2D eigenvalue weighted by Crippen LogP contribution is 2.63. The number of nitrogens with zero attached hydrogens (tertiary/aromatic N) is 1. The van der Waals surface area contributed by atoms with Crippen LogP contribution >= 0.6 is 0 Å². The van der Waals surface area contributed by atoms with Gasteiger partial charge < -0.3 is 24.8 Å². The number of ether oxygens (including phenoxy) is 2. The monoisotopic (exact) mass is 735 g/mol. The Morgan fingerprint density at radius 3 is 1.70 bits per heavy atom. The van der Waals surface area contributed by atoms with E-state index < -0.39 is 109 Å². The summed E-state index contributed by atoms with van der Waals surface area (Å²) in [5.41, 5.74) is -2.32. The van der Waals surface area contributed by atoms with E-state index in [-0.39, 0.29) is 5.32 Å². The number of aromatic nitrogens is 2. The summed E-state index contributed by atoms with van der Waals surface area (Å²) >= 11 is 0. The summed E-state index contributed by atoms with van der Waals surface area (Å²) in [5.74, 6) is -51.3. The van der Waals surface area contributed by atoms with E-state index in [2.05, 4.69) is 0 Å². The first kappa shape index (κ1) is 40.4. The molecule has 0 amide bonds. The van der Waals surface area contributed by atoms with Gasteiger partial charge in [-0.2, -0.15) is 74.6 Å². The van der Waals surface area contributed by atoms with Gasteiger partial charge in [0.15, 0.2) is 6.23 Å². The molecule has 0 spiro atoms. The Morgan fingerprint density at radius 1 is 0.809 bits per heavy atom. The first-order valence-corrected chi connectivity index (χ1v) is 11.9. The van der Waals surface area contributed by atoms with Gasteiger partial charge in [-0.15, -0.1) is 0 Å². The van der Waals surface area contributed by atoms with Crippen LogP contribution in [0, 0.1) is 0 Å². The molecule has 1 aromatic heterocycles. The lowest BCUT2D eigenvalue weighted by molar-refractivity contribution is -0.463. The van der Waals surface area contributed by atoms with E-state index in [1.54, 1.807) is 4.98 Å². The van der Waals surface area contributed by atoms with Crippen molar-refractivity contribution in [1.82, 2.24) is 14.9 Å². The minimum absolute atomic E-state index is 0.0236. The molecule has 1 fully saturated rings. The Morgan fingerprint density at radius 2 is 1.28 bits per heavy atom. The first-order valence-electron chi connectivity index (χ1n) is 11.9. The largest absolute Gasteiger partial charge is 0.460 e. The fourth-order valence-corrected chi connectivity index (χ4v) is 3.78. The molecule has 274 valence electrons. The molecule has 1 aliphatic heterocycles. The number of hydrogen-bond donors (Lipinski definition) is 5. The summed E-state index contributed by atoms with van der Waals surface area (Å²) in [6.07, 6.45) is -15.0. The third-order valence-corrected chi connectivity index (χ3v) is 6.44. The smallest absolute Gasteiger partial charge is 0.395 e. The number of aromatic amines is 1. The van der Waals surface area contributed by atoms with Crippen molar-refractivity contribution in [3.63, 3.8) is 0 Å². The van der Waals surface area contributed by atoms with E-state index in [1.807, 2.05) is 0 Å². The highest BCUT2D eigenvalue weighted by molar-refractivity contribution is 5.15. The minimum atomic E-state index is -8.82. The van der Waals surface area contributed by atoms with Crippen molar-refractivity contribution in [2.75, 3.05) is 19.8 Å². The van der Waals surface area contributed by atoms with Crippen LogP contribution in [0.3, 0.4) is 0 Å². The molecule has 1 saturated heterocycles. The molecule has 0 bridgehead atoms. The molecule has 10 nitrogen and oxygen atoms in total. The highest BCUT2D eigenvalue weighted by atomic mass is 19.4. The molecular formula is C20H18F17N3O7. The van der Waals surface area contributed by atoms with Crippen molar-refractivity contribution < 1.29 is 99.4 Å². The van der Waals surface area contributed by atoms with E-state index in [1.165, 1.54) is 0 Å². The Hall–Kier alpha value is -2.75. The maximum absolute atomic E-state index is 14.3. The van der Waals surface area contributed by atoms with Gasteiger partial charge in [0.25, 0.3) is 5.56 Å². The van der Waals surface area contributed by atoms with Crippen molar-refractivity contribution >= 4 is 0 Å². The molecule has 0 aliphatic carbocycles. The highest BCUT2D eigenvalue weighted by Gasteiger charge is 2.95. The summed E-state index contributed by atoms with van der Waals surface area (Å²) in [6, 6.07) is -9.34. The van der Waals surface area contributed by atoms with Gasteiger partial charge in [-0.25, -0.2) is 10.1 Å². The predicted octanol–water partition coefficient (Wildman–Crippen LogP) is 2.09. The van der Waals surface area contributed by atoms with Crippen molar-refractivity contribution in [2.45, 2.75) is 78.3 Å². The van der Waals surface area contributed by atoms with Crippen molar-refractivity contribution in [3.8, 4) is 0 Å². The van der Waals surface area contributed by atoms with Gasteiger partial charge in [-0.05, 0) is 0 Å². The van der Waals surface area contributed by atoms with E-state index in [0.717, 1.165) is 0 Å². The normalized spacial score (nSPS) is 23.3. The molecule has 2 rings (SSSR count). The maximum Gasteiger partial charge on any atom is 0.460 e. The zero-order valence-electron chi connectivity index (χ0n) is 22.0. The second-order valence-electron chi connectivity index (χ2n) is 9.60. The predicted molar refractivity (Wildman–Crippen MR) is 113 cm³/mol. The number of nitrogens with one attached hydrogen (secondary N) is 2. The topological polar surface area (TPSA) is 146 Å². The zero-order chi connectivity index (χ0) is 37.0. The van der Waals surface area contributed by atoms with Gasteiger partial charge in [0, 0.05) is 12.3 Å². The molecule has 2 heterocycles. The Bertz CT molecular complexity index is 1370. The zero-order valence-corrected chi connectivity index (χ0v) is 22.0. The first-order chi connectivity index (χ1) is 20.9. The van der Waals surface area contributed by atoms with Crippen LogP contribution in [0.2, 0.25) is 0 Å². The summed E-state index contributed by atoms with van der Waals surface area (Å²) in [5, 5.41) is 28.8. The molecule has 0 aromatic carbocycles. The van der Waals surface area contributed by atoms with Crippen molar-refractivity contribution in [3.05, 3.63) is 33.1 Å². The van der Waals surface area contributed by atoms with E-state index in [9.17, 15) is 99.5 Å². The summed E-state index contributed by atoms with van der Waals surface area (Å²) < 4.78 is 240. The average molecular weight is 735 g/mol. The number of alkyl halides is 17. The van der Waals surface area contributed by atoms with Crippen LogP contribution in [-0.2, 0) is 9.47 Å². The van der Waals surface area contributed by atoms with Crippen molar-refractivity contribution in [2.24, 2.45) is 0 Å². The molecule has 1 aromatic rings. The fourth-order valence-electron chi connectivity index (χ4n) is 3.78. The number of aliphatic hydroxyl groups excluding tert-OH is 3. The van der Waals surface area contributed by atoms with E-state index >= 15 is 0 Å². The molecule has 5 unspecified atom stereocenters. The van der Waals surface area contributed by atoms with E-state index in [4.69, 9.17) is 9.47 Å². The summed E-state index contributed by atoms with van der Waals surface area (Å²) in [7, 11) is 0. The second kappa shape index (κ2) is 12.6.